The molecule has 0 atom stereocenters. The number of aromatic nitrogens is 3. The van der Waals surface area contributed by atoms with Crippen molar-refractivity contribution in [2.75, 3.05) is 26.7 Å². The summed E-state index contributed by atoms with van der Waals surface area (Å²) in [6.45, 7) is 7.79. The van der Waals surface area contributed by atoms with Crippen LogP contribution in [0.3, 0.4) is 0 Å². The van der Waals surface area contributed by atoms with Gasteiger partial charge < -0.3 is 20.3 Å². The predicted octanol–water partition coefficient (Wildman–Crippen LogP) is 2.52. The maximum absolute atomic E-state index is 14.1. The molecule has 1 fully saturated rings. The van der Waals surface area contributed by atoms with E-state index in [2.05, 4.69) is 20.6 Å². The molecule has 0 spiro atoms. The summed E-state index contributed by atoms with van der Waals surface area (Å²) in [5.74, 6) is -0.602. The van der Waals surface area contributed by atoms with Gasteiger partial charge in [-0.15, -0.1) is 5.10 Å². The maximum atomic E-state index is 14.1. The molecule has 2 N–H and O–H groups in total. The van der Waals surface area contributed by atoms with E-state index in [4.69, 9.17) is 4.74 Å². The quantitative estimate of drug-likeness (QED) is 0.400. The average Bonchev–Trinajstić information content (AvgIpc) is 3.23. The van der Waals surface area contributed by atoms with Gasteiger partial charge in [0, 0.05) is 44.2 Å². The van der Waals surface area contributed by atoms with Gasteiger partial charge in [0.05, 0.1) is 12.8 Å². The van der Waals surface area contributed by atoms with Crippen molar-refractivity contribution in [3.63, 3.8) is 0 Å². The summed E-state index contributed by atoms with van der Waals surface area (Å²) < 4.78 is 21.7. The molecule has 1 saturated heterocycles. The highest BCUT2D eigenvalue weighted by Crippen LogP contribution is 2.25. The highest BCUT2D eigenvalue weighted by Gasteiger charge is 2.21. The second-order valence-corrected chi connectivity index (χ2v) is 10.4. The van der Waals surface area contributed by atoms with Crippen molar-refractivity contribution in [2.24, 2.45) is 0 Å². The van der Waals surface area contributed by atoms with Gasteiger partial charge in [-0.1, -0.05) is 12.1 Å². The Morgan fingerprint density at radius 3 is 2.45 bits per heavy atom. The number of nitrogens with zero attached hydrogens (tertiary/aromatic N) is 4. The van der Waals surface area contributed by atoms with E-state index in [9.17, 15) is 18.8 Å². The highest BCUT2D eigenvalue weighted by atomic mass is 19.1. The fourth-order valence-corrected chi connectivity index (χ4v) is 4.91. The van der Waals surface area contributed by atoms with Crippen LogP contribution in [-0.4, -0.2) is 69.9 Å². The summed E-state index contributed by atoms with van der Waals surface area (Å²) >= 11 is 0. The number of rotatable bonds is 10. The Morgan fingerprint density at radius 2 is 1.82 bits per heavy atom. The SMILES string of the molecule is COc1cc(-c2nn(-c3ccc(CCN4CCC(NC(C)=O)CC4)cc3)c(=O)n2CC(=O)NC(C)C)ccc1F. The standard InChI is InChI=1S/C29H37FN6O4/c1-19(2)31-27(38)18-35-28(22-7-10-25(30)26(17-22)40-4)33-36(29(35)39)24-8-5-21(6-9-24)11-14-34-15-12-23(13-16-34)32-20(3)37/h5-10,17,19,23H,11-16,18H2,1-4H3,(H,31,38)(H,32,37). The molecule has 4 rings (SSSR count). The van der Waals surface area contributed by atoms with Crippen LogP contribution >= 0.6 is 0 Å². The Hall–Kier alpha value is -3.99. The lowest BCUT2D eigenvalue weighted by atomic mass is 10.0. The fraction of sp³-hybridized carbons (Fsp3) is 0.448. The van der Waals surface area contributed by atoms with Crippen molar-refractivity contribution in [3.05, 3.63) is 64.3 Å². The molecule has 10 nitrogen and oxygen atoms in total. The van der Waals surface area contributed by atoms with Gasteiger partial charge in [0.25, 0.3) is 0 Å². The Morgan fingerprint density at radius 1 is 1.12 bits per heavy atom. The first kappa shape index (κ1) is 29.0. The van der Waals surface area contributed by atoms with Crippen LogP contribution in [-0.2, 0) is 22.6 Å². The van der Waals surface area contributed by atoms with Crippen molar-refractivity contribution in [2.45, 2.75) is 58.7 Å². The molecule has 0 aliphatic carbocycles. The summed E-state index contributed by atoms with van der Waals surface area (Å²) in [5, 5.41) is 10.3. The molecule has 2 amide bonds. The van der Waals surface area contributed by atoms with Crippen LogP contribution in [0.25, 0.3) is 17.1 Å². The lowest BCUT2D eigenvalue weighted by molar-refractivity contribution is -0.122. The van der Waals surface area contributed by atoms with E-state index in [0.717, 1.165) is 44.5 Å². The van der Waals surface area contributed by atoms with Crippen LogP contribution in [0.1, 0.15) is 39.2 Å². The number of likely N-dealkylation sites (tertiary alicyclic amines) is 1. The zero-order chi connectivity index (χ0) is 28.8. The Bertz CT molecular complexity index is 1390. The van der Waals surface area contributed by atoms with Gasteiger partial charge in [-0.05, 0) is 69.0 Å². The number of nitrogens with one attached hydrogen (secondary N) is 2. The predicted molar refractivity (Wildman–Crippen MR) is 150 cm³/mol. The number of hydrogen-bond donors (Lipinski definition) is 2. The first-order valence-corrected chi connectivity index (χ1v) is 13.6. The van der Waals surface area contributed by atoms with Crippen molar-refractivity contribution in [3.8, 4) is 22.8 Å². The normalized spacial score (nSPS) is 14.3. The van der Waals surface area contributed by atoms with E-state index < -0.39 is 11.5 Å². The van der Waals surface area contributed by atoms with Crippen LogP contribution in [0.2, 0.25) is 0 Å². The van der Waals surface area contributed by atoms with Crippen molar-refractivity contribution in [1.82, 2.24) is 29.9 Å². The molecule has 40 heavy (non-hydrogen) atoms. The molecular weight excluding hydrogens is 515 g/mol. The molecule has 0 bridgehead atoms. The van der Waals surface area contributed by atoms with Gasteiger partial charge in [-0.25, -0.2) is 9.18 Å². The van der Waals surface area contributed by atoms with Crippen LogP contribution in [0.4, 0.5) is 4.39 Å². The summed E-state index contributed by atoms with van der Waals surface area (Å²) in [7, 11) is 1.36. The largest absolute Gasteiger partial charge is 0.494 e. The molecule has 3 aromatic rings. The number of ether oxygens (including phenoxy) is 1. The number of halogens is 1. The lowest BCUT2D eigenvalue weighted by Crippen LogP contribution is -2.44. The molecule has 11 heteroatoms. The zero-order valence-corrected chi connectivity index (χ0v) is 23.4. The number of carbonyl (C=O) groups is 2. The molecule has 1 aliphatic rings. The fourth-order valence-electron chi connectivity index (χ4n) is 4.91. The van der Waals surface area contributed by atoms with E-state index in [-0.39, 0.29) is 42.0 Å². The van der Waals surface area contributed by atoms with Crippen molar-refractivity contribution >= 4 is 11.8 Å². The summed E-state index contributed by atoms with van der Waals surface area (Å²) in [6, 6.07) is 12.0. The molecule has 1 aromatic heterocycles. The topological polar surface area (TPSA) is 110 Å². The van der Waals surface area contributed by atoms with Crippen LogP contribution in [0, 0.1) is 5.82 Å². The van der Waals surface area contributed by atoms with Crippen LogP contribution in [0.15, 0.2) is 47.3 Å². The Labute approximate surface area is 233 Å². The molecule has 2 heterocycles. The Kier molecular flexibility index (Phi) is 9.36. The zero-order valence-electron chi connectivity index (χ0n) is 23.4. The van der Waals surface area contributed by atoms with Gasteiger partial charge in [0.1, 0.15) is 6.54 Å². The van der Waals surface area contributed by atoms with Crippen molar-refractivity contribution < 1.29 is 18.7 Å². The summed E-state index contributed by atoms with van der Waals surface area (Å²) in [4.78, 5) is 39.7. The van der Waals surface area contributed by atoms with E-state index in [0.29, 0.717) is 11.3 Å². The molecular formula is C29H37FN6O4. The van der Waals surface area contributed by atoms with E-state index in [1.807, 2.05) is 38.1 Å². The summed E-state index contributed by atoms with van der Waals surface area (Å²) in [6.07, 6.45) is 2.74. The molecule has 0 unspecified atom stereocenters. The third-order valence-electron chi connectivity index (χ3n) is 6.92. The van der Waals surface area contributed by atoms with E-state index in [1.54, 1.807) is 6.92 Å². The minimum Gasteiger partial charge on any atom is -0.494 e. The van der Waals surface area contributed by atoms with Gasteiger partial charge in [0.15, 0.2) is 17.4 Å². The number of amides is 2. The average molecular weight is 553 g/mol. The third kappa shape index (κ3) is 7.15. The van der Waals surface area contributed by atoms with Crippen LogP contribution in [0.5, 0.6) is 5.75 Å². The molecule has 214 valence electrons. The van der Waals surface area contributed by atoms with E-state index >= 15 is 0 Å². The maximum Gasteiger partial charge on any atom is 0.351 e. The number of hydrogen-bond acceptors (Lipinski definition) is 6. The molecule has 0 saturated carbocycles. The van der Waals surface area contributed by atoms with E-state index in [1.165, 1.54) is 34.6 Å². The van der Waals surface area contributed by atoms with Gasteiger partial charge >= 0.3 is 5.69 Å². The first-order valence-electron chi connectivity index (χ1n) is 13.6. The monoisotopic (exact) mass is 552 g/mol. The third-order valence-corrected chi connectivity index (χ3v) is 6.92. The molecule has 1 aliphatic heterocycles. The number of carbonyl (C=O) groups excluding carboxylic acids is 2. The highest BCUT2D eigenvalue weighted by molar-refractivity contribution is 5.76. The lowest BCUT2D eigenvalue weighted by Gasteiger charge is -2.32. The number of piperidine rings is 1. The van der Waals surface area contributed by atoms with Gasteiger partial charge in [-0.2, -0.15) is 4.68 Å². The second kappa shape index (κ2) is 12.9. The first-order chi connectivity index (χ1) is 19.1. The van der Waals surface area contributed by atoms with Crippen molar-refractivity contribution in [1.29, 1.82) is 0 Å². The number of methoxy groups -OCH3 is 1. The Balaban J connectivity index is 1.52. The smallest absolute Gasteiger partial charge is 0.351 e. The summed E-state index contributed by atoms with van der Waals surface area (Å²) in [5.41, 5.74) is 1.65. The minimum atomic E-state index is -0.537. The van der Waals surface area contributed by atoms with Gasteiger partial charge in [-0.3, -0.25) is 14.2 Å². The molecule has 0 radical (unpaired) electrons. The minimum absolute atomic E-state index is 0.0152. The number of benzene rings is 2. The van der Waals surface area contributed by atoms with Crippen LogP contribution < -0.4 is 21.1 Å². The second-order valence-electron chi connectivity index (χ2n) is 10.4. The van der Waals surface area contributed by atoms with Gasteiger partial charge in [0.2, 0.25) is 11.8 Å². The molecule has 2 aromatic carbocycles.